The van der Waals surface area contributed by atoms with Gasteiger partial charge in [-0.15, -0.1) is 0 Å². The summed E-state index contributed by atoms with van der Waals surface area (Å²) in [5.41, 5.74) is 0.243. The number of aliphatic hydroxyl groups is 1. The van der Waals surface area contributed by atoms with Gasteiger partial charge < -0.3 is 19.6 Å². The van der Waals surface area contributed by atoms with Gasteiger partial charge in [-0.2, -0.15) is 0 Å². The van der Waals surface area contributed by atoms with E-state index in [1.807, 2.05) is 31.1 Å². The highest BCUT2D eigenvalue weighted by Crippen LogP contribution is 2.41. The maximum atomic E-state index is 13.0. The van der Waals surface area contributed by atoms with Crippen LogP contribution in [0.25, 0.3) is 0 Å². The van der Waals surface area contributed by atoms with Crippen LogP contribution in [-0.4, -0.2) is 60.9 Å². The van der Waals surface area contributed by atoms with E-state index in [0.717, 1.165) is 5.56 Å². The third kappa shape index (κ3) is 3.90. The lowest BCUT2D eigenvalue weighted by Gasteiger charge is -2.29. The maximum absolute atomic E-state index is 13.0. The summed E-state index contributed by atoms with van der Waals surface area (Å²) >= 11 is 0. The van der Waals surface area contributed by atoms with Crippen molar-refractivity contribution in [3.63, 3.8) is 0 Å². The zero-order valence-electron chi connectivity index (χ0n) is 16.4. The molecule has 6 nitrogen and oxygen atoms in total. The molecule has 1 aliphatic rings. The first-order valence-electron chi connectivity index (χ1n) is 8.65. The van der Waals surface area contributed by atoms with Crippen molar-refractivity contribution in [2.24, 2.45) is 5.41 Å². The van der Waals surface area contributed by atoms with E-state index < -0.39 is 23.1 Å². The van der Waals surface area contributed by atoms with Crippen LogP contribution in [0.1, 0.15) is 32.4 Å². The molecule has 26 heavy (non-hydrogen) atoms. The molecule has 0 saturated heterocycles. The van der Waals surface area contributed by atoms with Crippen molar-refractivity contribution >= 4 is 11.7 Å². The van der Waals surface area contributed by atoms with Gasteiger partial charge in [0.15, 0.2) is 11.5 Å². The van der Waals surface area contributed by atoms with Crippen molar-refractivity contribution in [1.29, 1.82) is 0 Å². The highest BCUT2D eigenvalue weighted by Gasteiger charge is 2.45. The third-order valence-corrected chi connectivity index (χ3v) is 4.45. The van der Waals surface area contributed by atoms with E-state index in [2.05, 4.69) is 0 Å². The number of Topliss-reactive ketones (excluding diaryl/α,β-unsaturated/α-hetero) is 1. The molecule has 6 heteroatoms. The number of carbonyl (C=O) groups is 2. The summed E-state index contributed by atoms with van der Waals surface area (Å²) < 4.78 is 5.19. The van der Waals surface area contributed by atoms with Gasteiger partial charge >= 0.3 is 0 Å². The van der Waals surface area contributed by atoms with Gasteiger partial charge in [0.25, 0.3) is 5.91 Å². The largest absolute Gasteiger partial charge is 0.503 e. The smallest absolute Gasteiger partial charge is 0.290 e. The average Bonchev–Trinajstić information content (AvgIpc) is 2.82. The average molecular weight is 360 g/mol. The highest BCUT2D eigenvalue weighted by atomic mass is 16.5. The number of ether oxygens (including phenoxy) is 1. The molecular weight excluding hydrogens is 332 g/mol. The molecule has 142 valence electrons. The van der Waals surface area contributed by atoms with Gasteiger partial charge in [-0.1, -0.05) is 32.9 Å². The van der Waals surface area contributed by atoms with Gasteiger partial charge in [-0.3, -0.25) is 9.59 Å². The van der Waals surface area contributed by atoms with E-state index in [1.54, 1.807) is 44.9 Å². The molecule has 0 bridgehead atoms. The van der Waals surface area contributed by atoms with Crippen LogP contribution in [0.5, 0.6) is 5.75 Å². The van der Waals surface area contributed by atoms with Crippen molar-refractivity contribution in [2.75, 3.05) is 34.3 Å². The second kappa shape index (κ2) is 7.50. The SMILES string of the molecule is COc1ccc(C2C(C(=O)C(C)(C)C)=C(O)C(=O)N2CCN(C)C)cc1. The van der Waals surface area contributed by atoms with Gasteiger partial charge in [0.2, 0.25) is 0 Å². The molecule has 0 saturated carbocycles. The van der Waals surface area contributed by atoms with E-state index >= 15 is 0 Å². The number of carbonyl (C=O) groups excluding carboxylic acids is 2. The molecule has 0 aromatic heterocycles. The number of hydrogen-bond donors (Lipinski definition) is 1. The number of ketones is 1. The number of likely N-dealkylation sites (N-methyl/N-ethyl adjacent to an activating group) is 1. The molecule has 0 spiro atoms. The lowest BCUT2D eigenvalue weighted by molar-refractivity contribution is -0.129. The molecule has 0 aliphatic carbocycles. The van der Waals surface area contributed by atoms with E-state index in [9.17, 15) is 14.7 Å². The van der Waals surface area contributed by atoms with E-state index in [1.165, 1.54) is 0 Å². The predicted octanol–water partition coefficient (Wildman–Crippen LogP) is 2.57. The Kier molecular flexibility index (Phi) is 5.76. The van der Waals surface area contributed by atoms with Crippen LogP contribution in [-0.2, 0) is 9.59 Å². The summed E-state index contributed by atoms with van der Waals surface area (Å²) in [6, 6.07) is 6.64. The van der Waals surface area contributed by atoms with Crippen molar-refractivity contribution in [1.82, 2.24) is 9.80 Å². The second-order valence-electron chi connectivity index (χ2n) is 7.82. The minimum atomic E-state index is -0.703. The highest BCUT2D eigenvalue weighted by molar-refractivity contribution is 6.10. The fraction of sp³-hybridized carbons (Fsp3) is 0.500. The Balaban J connectivity index is 2.51. The lowest BCUT2D eigenvalue weighted by atomic mass is 9.82. The van der Waals surface area contributed by atoms with Crippen LogP contribution >= 0.6 is 0 Å². The standard InChI is InChI=1S/C20H28N2O4/c1-20(2,3)18(24)15-16(13-7-9-14(26-6)10-8-13)22(12-11-21(4)5)19(25)17(15)23/h7-10,16,23H,11-12H2,1-6H3. The monoisotopic (exact) mass is 360 g/mol. The number of aliphatic hydroxyl groups excluding tert-OH is 1. The molecule has 1 aromatic carbocycles. The van der Waals surface area contributed by atoms with Crippen LogP contribution < -0.4 is 4.74 Å². The van der Waals surface area contributed by atoms with E-state index in [4.69, 9.17) is 4.74 Å². The number of benzene rings is 1. The Morgan fingerprint density at radius 2 is 1.81 bits per heavy atom. The number of hydrogen-bond acceptors (Lipinski definition) is 5. The summed E-state index contributed by atoms with van der Waals surface area (Å²) in [7, 11) is 5.41. The molecule has 0 fully saturated rings. The van der Waals surface area contributed by atoms with Gasteiger partial charge in [0.05, 0.1) is 18.7 Å². The minimum Gasteiger partial charge on any atom is -0.503 e. The molecule has 1 amide bonds. The van der Waals surface area contributed by atoms with Gasteiger partial charge in [0.1, 0.15) is 5.75 Å². The fourth-order valence-corrected chi connectivity index (χ4v) is 2.96. The predicted molar refractivity (Wildman–Crippen MR) is 100 cm³/mol. The maximum Gasteiger partial charge on any atom is 0.290 e. The van der Waals surface area contributed by atoms with Crippen LogP contribution in [0, 0.1) is 5.41 Å². The first-order chi connectivity index (χ1) is 12.1. The molecule has 1 atom stereocenters. The van der Waals surface area contributed by atoms with Crippen molar-refractivity contribution < 1.29 is 19.4 Å². The molecule has 0 radical (unpaired) electrons. The molecule has 1 unspecified atom stereocenters. The van der Waals surface area contributed by atoms with Crippen LogP contribution in [0.3, 0.4) is 0 Å². The molecule has 1 aliphatic heterocycles. The van der Waals surface area contributed by atoms with Crippen LogP contribution in [0.4, 0.5) is 0 Å². The van der Waals surface area contributed by atoms with Gasteiger partial charge in [-0.05, 0) is 31.8 Å². The first kappa shape index (κ1) is 20.0. The zero-order valence-corrected chi connectivity index (χ0v) is 16.4. The molecule has 2 rings (SSSR count). The molecule has 1 N–H and O–H groups in total. The fourth-order valence-electron chi connectivity index (χ4n) is 2.96. The summed E-state index contributed by atoms with van der Waals surface area (Å²) in [4.78, 5) is 29.2. The Morgan fingerprint density at radius 1 is 1.23 bits per heavy atom. The van der Waals surface area contributed by atoms with E-state index in [0.29, 0.717) is 18.8 Å². The van der Waals surface area contributed by atoms with Gasteiger partial charge in [0, 0.05) is 18.5 Å². The molecule has 1 heterocycles. The first-order valence-corrected chi connectivity index (χ1v) is 8.65. The minimum absolute atomic E-state index is 0.173. The second-order valence-corrected chi connectivity index (χ2v) is 7.82. The number of methoxy groups -OCH3 is 1. The quantitative estimate of drug-likeness (QED) is 0.844. The normalized spacial score (nSPS) is 18.0. The third-order valence-electron chi connectivity index (χ3n) is 4.45. The number of nitrogens with zero attached hydrogens (tertiary/aromatic N) is 2. The van der Waals surface area contributed by atoms with Crippen molar-refractivity contribution in [2.45, 2.75) is 26.8 Å². The van der Waals surface area contributed by atoms with E-state index in [-0.39, 0.29) is 11.4 Å². The Bertz CT molecular complexity index is 714. The Morgan fingerprint density at radius 3 is 2.27 bits per heavy atom. The van der Waals surface area contributed by atoms with Crippen LogP contribution in [0.2, 0.25) is 0 Å². The Labute approximate surface area is 155 Å². The molecular formula is C20H28N2O4. The zero-order chi connectivity index (χ0) is 19.6. The van der Waals surface area contributed by atoms with Crippen molar-refractivity contribution in [3.8, 4) is 5.75 Å². The topological polar surface area (TPSA) is 70.1 Å². The Hall–Kier alpha value is -2.34. The summed E-state index contributed by atoms with van der Waals surface area (Å²) in [5.74, 6) is -0.476. The van der Waals surface area contributed by atoms with Gasteiger partial charge in [-0.25, -0.2) is 0 Å². The summed E-state index contributed by atoms with van der Waals surface area (Å²) in [5, 5.41) is 10.5. The van der Waals surface area contributed by atoms with Crippen molar-refractivity contribution in [3.05, 3.63) is 41.2 Å². The summed E-state index contributed by atoms with van der Waals surface area (Å²) in [6.07, 6.45) is 0. The van der Waals surface area contributed by atoms with Crippen LogP contribution in [0.15, 0.2) is 35.6 Å². The number of rotatable bonds is 6. The number of amides is 1. The summed E-state index contributed by atoms with van der Waals surface area (Å²) in [6.45, 7) is 6.39. The molecule has 1 aromatic rings. The lowest BCUT2D eigenvalue weighted by Crippen LogP contribution is -2.37.